The first-order valence-electron chi connectivity index (χ1n) is 5.62. The fourth-order valence-electron chi connectivity index (χ4n) is 1.56. The molecule has 0 aliphatic carbocycles. The van der Waals surface area contributed by atoms with Crippen molar-refractivity contribution in [2.24, 2.45) is 0 Å². The highest BCUT2D eigenvalue weighted by atomic mass is 35.5. The number of hydrogen-bond acceptors (Lipinski definition) is 6. The minimum absolute atomic E-state index is 0. The summed E-state index contributed by atoms with van der Waals surface area (Å²) >= 11 is 0. The van der Waals surface area contributed by atoms with E-state index < -0.39 is 4.92 Å². The highest BCUT2D eigenvalue weighted by Crippen LogP contribution is 2.25. The van der Waals surface area contributed by atoms with Crippen molar-refractivity contribution in [3.05, 3.63) is 22.2 Å². The maximum Gasteiger partial charge on any atom is 0.311 e. The van der Waals surface area contributed by atoms with Crippen LogP contribution in [0.3, 0.4) is 0 Å². The molecule has 8 heteroatoms. The first-order chi connectivity index (χ1) is 8.49. The van der Waals surface area contributed by atoms with Crippen LogP contribution in [0.2, 0.25) is 0 Å². The molecular formula is C11H19ClN4O3. The highest BCUT2D eigenvalue weighted by Gasteiger charge is 2.19. The summed E-state index contributed by atoms with van der Waals surface area (Å²) < 4.78 is 4.98. The van der Waals surface area contributed by atoms with E-state index in [0.717, 1.165) is 6.42 Å². The minimum atomic E-state index is -0.461. The molecule has 0 aliphatic heterocycles. The van der Waals surface area contributed by atoms with Crippen molar-refractivity contribution in [2.75, 3.05) is 26.5 Å². The Balaban J connectivity index is 0.00000324. The molecule has 7 nitrogen and oxygen atoms in total. The van der Waals surface area contributed by atoms with Gasteiger partial charge in [0.05, 0.1) is 18.2 Å². The van der Waals surface area contributed by atoms with Crippen LogP contribution in [0.4, 0.5) is 11.5 Å². The maximum absolute atomic E-state index is 10.9. The SMILES string of the molecule is CCC(Nc1nc(OC)ccc1[N+](=O)[O-])N(C)C.Cl. The fourth-order valence-corrected chi connectivity index (χ4v) is 1.56. The summed E-state index contributed by atoms with van der Waals surface area (Å²) in [5.41, 5.74) is -0.0592. The van der Waals surface area contributed by atoms with E-state index in [-0.39, 0.29) is 30.1 Å². The molecule has 1 heterocycles. The molecule has 0 bridgehead atoms. The smallest absolute Gasteiger partial charge is 0.311 e. The van der Waals surface area contributed by atoms with Crippen LogP contribution in [0.1, 0.15) is 13.3 Å². The number of methoxy groups -OCH3 is 1. The molecule has 0 radical (unpaired) electrons. The Kier molecular flexibility index (Phi) is 7.10. The number of nitrogens with zero attached hydrogens (tertiary/aromatic N) is 3. The van der Waals surface area contributed by atoms with E-state index in [0.29, 0.717) is 5.88 Å². The van der Waals surface area contributed by atoms with Crippen molar-refractivity contribution in [1.82, 2.24) is 9.88 Å². The van der Waals surface area contributed by atoms with E-state index in [1.165, 1.54) is 19.2 Å². The van der Waals surface area contributed by atoms with Crippen molar-refractivity contribution < 1.29 is 9.66 Å². The average molecular weight is 291 g/mol. The summed E-state index contributed by atoms with van der Waals surface area (Å²) in [6.45, 7) is 1.99. The minimum Gasteiger partial charge on any atom is -0.481 e. The zero-order chi connectivity index (χ0) is 13.7. The zero-order valence-corrected chi connectivity index (χ0v) is 12.2. The molecule has 0 spiro atoms. The largest absolute Gasteiger partial charge is 0.481 e. The summed E-state index contributed by atoms with van der Waals surface area (Å²) in [4.78, 5) is 16.5. The van der Waals surface area contributed by atoms with Gasteiger partial charge in [0.1, 0.15) is 0 Å². The number of nitrogens with one attached hydrogen (secondary N) is 1. The van der Waals surface area contributed by atoms with Gasteiger partial charge in [-0.25, -0.2) is 0 Å². The molecule has 1 aromatic rings. The Labute approximate surface area is 118 Å². The second kappa shape index (κ2) is 7.75. The van der Waals surface area contributed by atoms with Gasteiger partial charge in [0, 0.05) is 12.1 Å². The van der Waals surface area contributed by atoms with Gasteiger partial charge in [-0.2, -0.15) is 4.98 Å². The van der Waals surface area contributed by atoms with Crippen LogP contribution < -0.4 is 10.1 Å². The van der Waals surface area contributed by atoms with Gasteiger partial charge in [-0.05, 0) is 20.5 Å². The number of halogens is 1. The Bertz CT molecular complexity index is 428. The lowest BCUT2D eigenvalue weighted by molar-refractivity contribution is -0.384. The van der Waals surface area contributed by atoms with Crippen molar-refractivity contribution >= 4 is 23.9 Å². The lowest BCUT2D eigenvalue weighted by Crippen LogP contribution is -2.35. The normalized spacial score (nSPS) is 11.6. The van der Waals surface area contributed by atoms with Gasteiger partial charge in [-0.15, -0.1) is 12.4 Å². The van der Waals surface area contributed by atoms with E-state index in [1.54, 1.807) is 0 Å². The Morgan fingerprint density at radius 1 is 1.53 bits per heavy atom. The van der Waals surface area contributed by atoms with Crippen LogP contribution in [-0.2, 0) is 0 Å². The number of anilines is 1. The van der Waals surface area contributed by atoms with Crippen LogP contribution >= 0.6 is 12.4 Å². The molecule has 0 fully saturated rings. The summed E-state index contributed by atoms with van der Waals surface area (Å²) in [5.74, 6) is 0.566. The number of hydrogen-bond donors (Lipinski definition) is 1. The molecule has 108 valence electrons. The summed E-state index contributed by atoms with van der Waals surface area (Å²) in [7, 11) is 5.27. The topological polar surface area (TPSA) is 80.5 Å². The molecule has 1 aromatic heterocycles. The molecule has 1 N–H and O–H groups in total. The third-order valence-corrected chi connectivity index (χ3v) is 2.57. The molecule has 19 heavy (non-hydrogen) atoms. The van der Waals surface area contributed by atoms with Crippen molar-refractivity contribution in [1.29, 1.82) is 0 Å². The number of rotatable bonds is 6. The molecule has 0 saturated carbocycles. The third kappa shape index (κ3) is 4.53. The molecule has 0 aliphatic rings. The first kappa shape index (κ1) is 17.4. The van der Waals surface area contributed by atoms with E-state index in [2.05, 4.69) is 10.3 Å². The van der Waals surface area contributed by atoms with E-state index in [4.69, 9.17) is 4.74 Å². The second-order valence-electron chi connectivity index (χ2n) is 4.01. The van der Waals surface area contributed by atoms with Crippen LogP contribution in [0.25, 0.3) is 0 Å². The summed E-state index contributed by atoms with van der Waals surface area (Å²) in [6, 6.07) is 2.86. The predicted octanol–water partition coefficient (Wildman–Crippen LogP) is 2.13. The van der Waals surface area contributed by atoms with Gasteiger partial charge in [-0.3, -0.25) is 15.0 Å². The van der Waals surface area contributed by atoms with Gasteiger partial charge in [0.2, 0.25) is 11.7 Å². The van der Waals surface area contributed by atoms with Gasteiger partial charge < -0.3 is 10.1 Å². The first-order valence-corrected chi connectivity index (χ1v) is 5.62. The summed E-state index contributed by atoms with van der Waals surface area (Å²) in [5, 5.41) is 14.0. The van der Waals surface area contributed by atoms with Gasteiger partial charge in [0.15, 0.2) is 0 Å². The maximum atomic E-state index is 10.9. The standard InChI is InChI=1S/C11H18N4O3.ClH/c1-5-9(14(2)3)12-11-8(15(16)17)6-7-10(13-11)18-4;/h6-7,9H,5H2,1-4H3,(H,12,13);1H. The average Bonchev–Trinajstić information content (AvgIpc) is 2.34. The number of aromatic nitrogens is 1. The van der Waals surface area contributed by atoms with Gasteiger partial charge in [0.25, 0.3) is 0 Å². The molecule has 1 rings (SSSR count). The lowest BCUT2D eigenvalue weighted by Gasteiger charge is -2.24. The van der Waals surface area contributed by atoms with Gasteiger partial charge >= 0.3 is 5.69 Å². The van der Waals surface area contributed by atoms with Crippen molar-refractivity contribution in [2.45, 2.75) is 19.5 Å². The van der Waals surface area contributed by atoms with E-state index >= 15 is 0 Å². The lowest BCUT2D eigenvalue weighted by atomic mass is 10.3. The van der Waals surface area contributed by atoms with Crippen molar-refractivity contribution in [3.8, 4) is 5.88 Å². The second-order valence-corrected chi connectivity index (χ2v) is 4.01. The quantitative estimate of drug-likeness (QED) is 0.491. The monoisotopic (exact) mass is 290 g/mol. The Hall–Kier alpha value is -1.60. The Morgan fingerprint density at radius 2 is 2.16 bits per heavy atom. The van der Waals surface area contributed by atoms with E-state index in [1.807, 2.05) is 25.9 Å². The fraction of sp³-hybridized carbons (Fsp3) is 0.545. The van der Waals surface area contributed by atoms with E-state index in [9.17, 15) is 10.1 Å². The Morgan fingerprint density at radius 3 is 2.58 bits per heavy atom. The van der Waals surface area contributed by atoms with Crippen molar-refractivity contribution in [3.63, 3.8) is 0 Å². The number of nitro groups is 1. The molecular weight excluding hydrogens is 272 g/mol. The van der Waals surface area contributed by atoms with Crippen LogP contribution in [-0.4, -0.2) is 42.2 Å². The molecule has 0 amide bonds. The molecule has 0 aromatic carbocycles. The number of ether oxygens (including phenoxy) is 1. The predicted molar refractivity (Wildman–Crippen MR) is 76.1 cm³/mol. The number of pyridine rings is 1. The molecule has 1 atom stereocenters. The molecule has 0 saturated heterocycles. The third-order valence-electron chi connectivity index (χ3n) is 2.57. The molecule has 1 unspecified atom stereocenters. The van der Waals surface area contributed by atoms with Crippen LogP contribution in [0, 0.1) is 10.1 Å². The summed E-state index contributed by atoms with van der Waals surface area (Å²) in [6.07, 6.45) is 0.770. The van der Waals surface area contributed by atoms with Crippen LogP contribution in [0.15, 0.2) is 12.1 Å². The van der Waals surface area contributed by atoms with Gasteiger partial charge in [-0.1, -0.05) is 6.92 Å². The highest BCUT2D eigenvalue weighted by molar-refractivity contribution is 5.85. The zero-order valence-electron chi connectivity index (χ0n) is 11.4. The van der Waals surface area contributed by atoms with Crippen LogP contribution in [0.5, 0.6) is 5.88 Å².